The minimum Gasteiger partial charge on any atom is -0.481 e. The van der Waals surface area contributed by atoms with Crippen molar-refractivity contribution >= 4 is 11.9 Å². The molecule has 0 unspecified atom stereocenters. The van der Waals surface area contributed by atoms with E-state index < -0.39 is 5.97 Å². The van der Waals surface area contributed by atoms with Crippen LogP contribution in [-0.2, 0) is 9.59 Å². The molecule has 3 heteroatoms. The van der Waals surface area contributed by atoms with Crippen LogP contribution in [-0.4, -0.2) is 17.0 Å². The molecule has 0 saturated heterocycles. The van der Waals surface area contributed by atoms with Gasteiger partial charge in [-0.1, -0.05) is 32.6 Å². The summed E-state index contributed by atoms with van der Waals surface area (Å²) in [7, 11) is 0. The van der Waals surface area contributed by atoms with E-state index in [2.05, 4.69) is 6.92 Å². The highest BCUT2D eigenvalue weighted by atomic mass is 16.4. The summed E-state index contributed by atoms with van der Waals surface area (Å²) in [5, 5.41) is 8.46. The van der Waals surface area contributed by atoms with Crippen LogP contribution in [0.25, 0.3) is 0 Å². The van der Waals surface area contributed by atoms with Crippen LogP contribution in [0.5, 0.6) is 0 Å². The number of unbranched alkanes of at least 4 members (excludes halogenated alkanes) is 4. The summed E-state index contributed by atoms with van der Waals surface area (Å²) >= 11 is 0. The molecule has 0 saturated carbocycles. The topological polar surface area (TPSA) is 54.4 Å². The van der Waals surface area contributed by atoms with E-state index >= 15 is 0 Å². The van der Waals surface area contributed by atoms with Gasteiger partial charge in [-0.15, -0.1) is 0 Å². The quantitative estimate of drug-likeness (QED) is 0.472. The van der Waals surface area contributed by atoms with Crippen LogP contribution in [0.1, 0.15) is 58.3 Å². The number of aliphatic carboxylic acids is 1. The average molecular weight is 212 g/mol. The fraction of sp³-hybridized carbons (Fsp3) is 0.750. The van der Waals surface area contributed by atoms with Gasteiger partial charge >= 0.3 is 5.97 Å². The third-order valence-electron chi connectivity index (χ3n) is 2.37. The first-order chi connectivity index (χ1) is 7.20. The molecule has 0 fully saturated rings. The second-order valence-corrected chi connectivity index (χ2v) is 3.76. The second-order valence-electron chi connectivity index (χ2n) is 3.76. The van der Waals surface area contributed by atoms with Crippen LogP contribution in [0.2, 0.25) is 0 Å². The molecule has 0 aliphatic rings. The zero-order chi connectivity index (χ0) is 11.5. The molecule has 0 aliphatic heterocycles. The molecule has 0 spiro atoms. The van der Waals surface area contributed by atoms with E-state index in [9.17, 15) is 9.59 Å². The zero-order valence-electron chi connectivity index (χ0n) is 9.42. The molecule has 0 rings (SSSR count). The predicted octanol–water partition coefficient (Wildman–Crippen LogP) is 2.97. The van der Waals surface area contributed by atoms with Crippen molar-refractivity contribution in [2.45, 2.75) is 58.3 Å². The van der Waals surface area contributed by atoms with E-state index in [1.54, 1.807) is 0 Å². The van der Waals surface area contributed by atoms with Gasteiger partial charge in [0.15, 0.2) is 0 Å². The molecule has 0 radical (unpaired) electrons. The smallest absolute Gasteiger partial charge is 0.303 e. The largest absolute Gasteiger partial charge is 0.481 e. The summed E-state index contributed by atoms with van der Waals surface area (Å²) in [6, 6.07) is 0. The van der Waals surface area contributed by atoms with Crippen LogP contribution in [0, 0.1) is 0 Å². The highest BCUT2D eigenvalue weighted by Crippen LogP contribution is 2.13. The first-order valence-electron chi connectivity index (χ1n) is 5.65. The number of allylic oxidation sites excluding steroid dienone is 1. The summed E-state index contributed by atoms with van der Waals surface area (Å²) < 4.78 is 0. The van der Waals surface area contributed by atoms with E-state index in [0.29, 0.717) is 18.4 Å². The maximum absolute atomic E-state index is 10.5. The molecule has 0 aromatic rings. The van der Waals surface area contributed by atoms with Gasteiger partial charge in [-0.3, -0.25) is 4.79 Å². The lowest BCUT2D eigenvalue weighted by molar-refractivity contribution is -0.136. The molecule has 0 aliphatic carbocycles. The number of hydrogen-bond acceptors (Lipinski definition) is 2. The van der Waals surface area contributed by atoms with Crippen molar-refractivity contribution in [2.75, 3.05) is 0 Å². The standard InChI is InChI=1S/C12H20O3/c1-2-3-4-5-6-7-11(10-13)8-9-12(14)15/h2-9H2,1H3,(H,14,15). The second kappa shape index (κ2) is 9.47. The third-order valence-corrected chi connectivity index (χ3v) is 2.37. The summed E-state index contributed by atoms with van der Waals surface area (Å²) in [5.74, 6) is 0.999. The fourth-order valence-electron chi connectivity index (χ4n) is 1.43. The van der Waals surface area contributed by atoms with Gasteiger partial charge in [0.1, 0.15) is 5.94 Å². The molecule has 0 heterocycles. The van der Waals surface area contributed by atoms with E-state index in [1.165, 1.54) is 19.3 Å². The number of carboxylic acid groups (broad SMARTS) is 1. The van der Waals surface area contributed by atoms with E-state index in [-0.39, 0.29) is 6.42 Å². The Morgan fingerprint density at radius 1 is 1.07 bits per heavy atom. The average Bonchev–Trinajstić information content (AvgIpc) is 2.22. The Morgan fingerprint density at radius 3 is 2.27 bits per heavy atom. The lowest BCUT2D eigenvalue weighted by atomic mass is 10.0. The van der Waals surface area contributed by atoms with Crippen molar-refractivity contribution in [3.63, 3.8) is 0 Å². The lowest BCUT2D eigenvalue weighted by Gasteiger charge is -2.01. The number of rotatable bonds is 9. The van der Waals surface area contributed by atoms with Crippen molar-refractivity contribution in [1.82, 2.24) is 0 Å². The van der Waals surface area contributed by atoms with Crippen molar-refractivity contribution < 1.29 is 14.7 Å². The SMILES string of the molecule is CCCCCCCC(=C=O)CCC(=O)O. The molecule has 0 aromatic carbocycles. The maximum Gasteiger partial charge on any atom is 0.303 e. The third kappa shape index (κ3) is 9.23. The molecular formula is C12H20O3. The van der Waals surface area contributed by atoms with Gasteiger partial charge in [-0.25, -0.2) is 4.79 Å². The Balaban J connectivity index is 3.54. The van der Waals surface area contributed by atoms with E-state index in [1.807, 2.05) is 5.94 Å². The molecule has 86 valence electrons. The summed E-state index contributed by atoms with van der Waals surface area (Å²) in [6.45, 7) is 2.16. The first-order valence-corrected chi connectivity index (χ1v) is 5.65. The molecule has 1 N–H and O–H groups in total. The summed E-state index contributed by atoms with van der Waals surface area (Å²) in [5.41, 5.74) is 0.619. The van der Waals surface area contributed by atoms with Crippen LogP contribution in [0.4, 0.5) is 0 Å². The normalized spacial score (nSPS) is 9.67. The number of hydrogen-bond donors (Lipinski definition) is 1. The van der Waals surface area contributed by atoms with E-state index in [4.69, 9.17) is 5.11 Å². The predicted molar refractivity (Wildman–Crippen MR) is 59.5 cm³/mol. The van der Waals surface area contributed by atoms with Gasteiger partial charge in [0, 0.05) is 12.0 Å². The molecule has 0 aromatic heterocycles. The van der Waals surface area contributed by atoms with Crippen LogP contribution < -0.4 is 0 Å². The molecule has 0 amide bonds. The highest BCUT2D eigenvalue weighted by Gasteiger charge is 2.03. The highest BCUT2D eigenvalue weighted by molar-refractivity contribution is 5.68. The van der Waals surface area contributed by atoms with Crippen LogP contribution in [0.15, 0.2) is 5.57 Å². The van der Waals surface area contributed by atoms with Gasteiger partial charge in [0.25, 0.3) is 0 Å². The molecular weight excluding hydrogens is 192 g/mol. The van der Waals surface area contributed by atoms with Gasteiger partial charge in [0.2, 0.25) is 0 Å². The van der Waals surface area contributed by atoms with Crippen molar-refractivity contribution in [3.05, 3.63) is 5.57 Å². The Hall–Kier alpha value is -1.08. The summed E-state index contributed by atoms with van der Waals surface area (Å²) in [4.78, 5) is 20.8. The minimum atomic E-state index is -0.853. The molecule has 0 bridgehead atoms. The molecule has 15 heavy (non-hydrogen) atoms. The number of carbonyl (C=O) groups is 1. The van der Waals surface area contributed by atoms with Crippen LogP contribution >= 0.6 is 0 Å². The van der Waals surface area contributed by atoms with Gasteiger partial charge in [-0.05, 0) is 19.3 Å². The van der Waals surface area contributed by atoms with Crippen molar-refractivity contribution in [3.8, 4) is 0 Å². The fourth-order valence-corrected chi connectivity index (χ4v) is 1.43. The van der Waals surface area contributed by atoms with Crippen LogP contribution in [0.3, 0.4) is 0 Å². The van der Waals surface area contributed by atoms with Crippen molar-refractivity contribution in [1.29, 1.82) is 0 Å². The number of carbonyl (C=O) groups excluding carboxylic acids is 1. The van der Waals surface area contributed by atoms with Crippen molar-refractivity contribution in [2.24, 2.45) is 0 Å². The van der Waals surface area contributed by atoms with E-state index in [0.717, 1.165) is 12.8 Å². The summed E-state index contributed by atoms with van der Waals surface area (Å²) in [6.07, 6.45) is 6.83. The Kier molecular flexibility index (Phi) is 8.79. The molecule has 3 nitrogen and oxygen atoms in total. The Bertz CT molecular complexity index is 227. The lowest BCUT2D eigenvalue weighted by Crippen LogP contribution is -1.96. The molecule has 0 atom stereocenters. The monoisotopic (exact) mass is 212 g/mol. The first kappa shape index (κ1) is 13.9. The van der Waals surface area contributed by atoms with Gasteiger partial charge < -0.3 is 5.11 Å². The van der Waals surface area contributed by atoms with Gasteiger partial charge in [-0.2, -0.15) is 0 Å². The maximum atomic E-state index is 10.5. The Labute approximate surface area is 91.2 Å². The minimum absolute atomic E-state index is 0.0412. The zero-order valence-corrected chi connectivity index (χ0v) is 9.42. The number of carboxylic acids is 1. The Morgan fingerprint density at radius 2 is 1.73 bits per heavy atom. The van der Waals surface area contributed by atoms with Gasteiger partial charge in [0.05, 0.1) is 0 Å².